The lowest BCUT2D eigenvalue weighted by Gasteiger charge is -2.50. The van der Waals surface area contributed by atoms with Crippen molar-refractivity contribution in [2.24, 2.45) is 5.16 Å². The van der Waals surface area contributed by atoms with Gasteiger partial charge >= 0.3 is 0 Å². The molecule has 13 nitrogen and oxygen atoms in total. The van der Waals surface area contributed by atoms with Crippen molar-refractivity contribution in [3.63, 3.8) is 0 Å². The van der Waals surface area contributed by atoms with Gasteiger partial charge < -0.3 is 35.3 Å². The van der Waals surface area contributed by atoms with E-state index in [0.717, 1.165) is 16.5 Å². The highest BCUT2D eigenvalue weighted by Crippen LogP contribution is 2.40. The number of aromatic nitrogens is 2. The summed E-state index contributed by atoms with van der Waals surface area (Å²) in [5.41, 5.74) is 5.46. The van der Waals surface area contributed by atoms with Crippen LogP contribution in [0.15, 0.2) is 63.8 Å². The number of fused-ring (bicyclic) bond motifs is 2. The molecular formula is C23H20N6O7S. The number of thioether (sulfide) groups is 1. The molecule has 0 radical (unpaired) electrons. The van der Waals surface area contributed by atoms with Gasteiger partial charge in [-0.05, 0) is 12.1 Å². The molecule has 190 valence electrons. The molecule has 2 aliphatic heterocycles. The van der Waals surface area contributed by atoms with E-state index in [0.29, 0.717) is 11.0 Å². The van der Waals surface area contributed by atoms with Gasteiger partial charge in [0.2, 0.25) is 0 Å². The number of aliphatic carboxylic acids is 1. The predicted octanol–water partition coefficient (Wildman–Crippen LogP) is -1.14. The zero-order chi connectivity index (χ0) is 26.3. The minimum Gasteiger partial charge on any atom is -0.543 e. The summed E-state index contributed by atoms with van der Waals surface area (Å²) < 4.78 is 6.67. The number of nitrogen functional groups attached to an aromatic ring is 1. The lowest BCUT2D eigenvalue weighted by molar-refractivity contribution is -0.687. The van der Waals surface area contributed by atoms with Crippen LogP contribution in [0.3, 0.4) is 0 Å². The number of oxime groups is 1. The van der Waals surface area contributed by atoms with Gasteiger partial charge in [0.25, 0.3) is 17.8 Å². The molecular weight excluding hydrogens is 504 g/mol. The van der Waals surface area contributed by atoms with Crippen LogP contribution in [0, 0.1) is 0 Å². The van der Waals surface area contributed by atoms with Gasteiger partial charge in [-0.25, -0.2) is 4.57 Å². The van der Waals surface area contributed by atoms with Crippen LogP contribution in [0.4, 0.5) is 6.01 Å². The van der Waals surface area contributed by atoms with Crippen molar-refractivity contribution in [2.45, 2.75) is 18.0 Å². The first-order chi connectivity index (χ1) is 17.8. The number of carbonyl (C=O) groups excluding carboxylic acids is 3. The average molecular weight is 525 g/mol. The molecule has 5 rings (SSSR count). The smallest absolute Gasteiger partial charge is 0.292 e. The van der Waals surface area contributed by atoms with E-state index in [4.69, 9.17) is 15.0 Å². The second kappa shape index (κ2) is 9.46. The molecule has 1 fully saturated rings. The summed E-state index contributed by atoms with van der Waals surface area (Å²) in [6.07, 6.45) is 4.61. The topological polar surface area (TPSA) is 187 Å². The molecule has 0 bridgehead atoms. The quantitative estimate of drug-likeness (QED) is 0.147. The van der Waals surface area contributed by atoms with Crippen LogP contribution in [-0.2, 0) is 25.8 Å². The van der Waals surface area contributed by atoms with Crippen LogP contribution in [0.1, 0.15) is 5.69 Å². The number of β-lactam (4-membered cyclic amide) rings is 1. The van der Waals surface area contributed by atoms with Gasteiger partial charge in [0.05, 0.1) is 11.7 Å². The number of hydrogen-bond donors (Lipinski definition) is 3. The number of carbonyl (C=O) groups is 3. The Morgan fingerprint density at radius 1 is 1.43 bits per heavy atom. The van der Waals surface area contributed by atoms with Crippen LogP contribution in [-0.4, -0.2) is 62.8 Å². The van der Waals surface area contributed by atoms with E-state index in [2.05, 4.69) is 15.5 Å². The van der Waals surface area contributed by atoms with Crippen LogP contribution in [0.5, 0.6) is 5.75 Å². The Morgan fingerprint density at radius 2 is 2.24 bits per heavy atom. The van der Waals surface area contributed by atoms with E-state index in [1.54, 1.807) is 35.2 Å². The number of rotatable bonds is 7. The summed E-state index contributed by atoms with van der Waals surface area (Å²) in [6, 6.07) is 5.66. The highest BCUT2D eigenvalue weighted by molar-refractivity contribution is 8.00. The third kappa shape index (κ3) is 4.31. The molecule has 37 heavy (non-hydrogen) atoms. The number of pyridine rings is 1. The first kappa shape index (κ1) is 24.1. The Balaban J connectivity index is 1.36. The Hall–Kier alpha value is -4.59. The van der Waals surface area contributed by atoms with Gasteiger partial charge in [-0.3, -0.25) is 14.5 Å². The second-order valence-corrected chi connectivity index (χ2v) is 9.30. The summed E-state index contributed by atoms with van der Waals surface area (Å²) in [5, 5.41) is 29.1. The molecule has 1 aromatic carbocycles. The zero-order valence-corrected chi connectivity index (χ0v) is 20.1. The molecule has 4 heterocycles. The molecule has 0 aliphatic carbocycles. The van der Waals surface area contributed by atoms with Crippen molar-refractivity contribution >= 4 is 52.0 Å². The largest absolute Gasteiger partial charge is 0.543 e. The number of nitrogens with one attached hydrogen (secondary N) is 1. The predicted molar refractivity (Wildman–Crippen MR) is 127 cm³/mol. The fourth-order valence-corrected chi connectivity index (χ4v) is 5.61. The van der Waals surface area contributed by atoms with Gasteiger partial charge in [0.15, 0.2) is 24.7 Å². The number of oxazole rings is 1. The molecule has 4 N–H and O–H groups in total. The summed E-state index contributed by atoms with van der Waals surface area (Å²) >= 11 is 1.31. The molecule has 1 saturated heterocycles. The van der Waals surface area contributed by atoms with E-state index >= 15 is 0 Å². The average Bonchev–Trinajstić information content (AvgIpc) is 3.31. The third-order valence-electron chi connectivity index (χ3n) is 5.92. The number of nitrogens with two attached hydrogens (primary N) is 1. The molecule has 2 aliphatic rings. The normalized spacial score (nSPS) is 19.4. The number of amides is 2. The Kier molecular flexibility index (Phi) is 6.17. The molecule has 14 heteroatoms. The van der Waals surface area contributed by atoms with Crippen LogP contribution >= 0.6 is 11.8 Å². The lowest BCUT2D eigenvalue weighted by atomic mass is 10.0. The number of carboxylic acid groups (broad SMARTS) is 1. The monoisotopic (exact) mass is 524 g/mol. The summed E-state index contributed by atoms with van der Waals surface area (Å²) in [7, 11) is 1.23. The van der Waals surface area contributed by atoms with Crippen molar-refractivity contribution in [1.82, 2.24) is 15.2 Å². The molecule has 0 saturated carbocycles. The van der Waals surface area contributed by atoms with Gasteiger partial charge in [-0.1, -0.05) is 11.2 Å². The molecule has 0 spiro atoms. The first-order valence-electron chi connectivity index (χ1n) is 10.9. The van der Waals surface area contributed by atoms with E-state index in [1.165, 1.54) is 18.9 Å². The van der Waals surface area contributed by atoms with Crippen molar-refractivity contribution in [2.75, 3.05) is 18.6 Å². The van der Waals surface area contributed by atoms with Crippen LogP contribution in [0.2, 0.25) is 0 Å². The Morgan fingerprint density at radius 3 is 2.95 bits per heavy atom. The highest BCUT2D eigenvalue weighted by Gasteiger charge is 2.53. The first-order valence-corrected chi connectivity index (χ1v) is 12.0. The zero-order valence-electron chi connectivity index (χ0n) is 19.3. The van der Waals surface area contributed by atoms with E-state index in [1.807, 2.05) is 6.07 Å². The van der Waals surface area contributed by atoms with Crippen LogP contribution < -0.4 is 20.7 Å². The number of carboxylic acids is 1. The third-order valence-corrected chi connectivity index (χ3v) is 7.26. The molecule has 1 unspecified atom stereocenters. The minimum absolute atomic E-state index is 0.00936. The van der Waals surface area contributed by atoms with E-state index in [9.17, 15) is 24.6 Å². The van der Waals surface area contributed by atoms with Crippen LogP contribution in [0.25, 0.3) is 10.8 Å². The maximum atomic E-state index is 13.0. The lowest BCUT2D eigenvalue weighted by Crippen LogP contribution is -2.71. The SMILES string of the molecule is CO/N=C(\C(=O)NC1C(=O)N2C(C(=O)[O-])=C(C[n+]3ccc4c(O)cccc4c3)CS[C@H]12)c1coc(N)n1. The summed E-state index contributed by atoms with van der Waals surface area (Å²) in [4.78, 5) is 47.6. The van der Waals surface area contributed by atoms with Gasteiger partial charge in [-0.2, -0.15) is 4.98 Å². The second-order valence-electron chi connectivity index (χ2n) is 8.19. The number of nitrogens with zero attached hydrogens (tertiary/aromatic N) is 4. The molecule has 2 atom stereocenters. The van der Waals surface area contributed by atoms with Crippen molar-refractivity contribution in [1.29, 1.82) is 0 Å². The summed E-state index contributed by atoms with van der Waals surface area (Å²) in [6.45, 7) is 0.188. The maximum absolute atomic E-state index is 13.0. The van der Waals surface area contributed by atoms with Gasteiger partial charge in [0.1, 0.15) is 36.2 Å². The highest BCUT2D eigenvalue weighted by atomic mass is 32.2. The standard InChI is InChI=1S/C23H20N6O7S/c1-35-27-16(14-9-36-23(24)25-14)19(31)26-17-20(32)29-18(22(33)34)12(10-37-21(17)29)8-28-6-5-13-11(7-28)3-2-4-15(13)30/h2-7,9,17,21H,8,10H2,1H3,(H4-,24,25,26,30,31,33,34)/b27-16-/t17?,21-/m1/s1. The fourth-order valence-electron chi connectivity index (χ4n) is 4.27. The van der Waals surface area contributed by atoms with Gasteiger partial charge in [-0.15, -0.1) is 11.8 Å². The Bertz CT molecular complexity index is 1500. The molecule has 2 aromatic heterocycles. The molecule has 3 aromatic rings. The van der Waals surface area contributed by atoms with Crippen molar-refractivity contribution in [3.05, 3.63) is 59.9 Å². The maximum Gasteiger partial charge on any atom is 0.292 e. The number of hydrogen-bond acceptors (Lipinski definition) is 11. The fraction of sp³-hybridized carbons (Fsp3) is 0.217. The number of phenolic OH excluding ortho intramolecular Hbond substituents is 1. The number of anilines is 1. The van der Waals surface area contributed by atoms with E-state index < -0.39 is 29.2 Å². The number of aromatic hydroxyl groups is 1. The molecule has 2 amide bonds. The minimum atomic E-state index is -1.49. The van der Waals surface area contributed by atoms with Crippen molar-refractivity contribution in [3.8, 4) is 5.75 Å². The number of phenols is 1. The number of benzene rings is 1. The van der Waals surface area contributed by atoms with Gasteiger partial charge in [0, 0.05) is 28.2 Å². The summed E-state index contributed by atoms with van der Waals surface area (Å²) in [5.74, 6) is -2.44. The Labute approximate surface area is 213 Å². The van der Waals surface area contributed by atoms with Crippen molar-refractivity contribution < 1.29 is 38.4 Å². The van der Waals surface area contributed by atoms with E-state index in [-0.39, 0.29) is 41.2 Å².